The van der Waals surface area contributed by atoms with Gasteiger partial charge in [-0.2, -0.15) is 0 Å². The highest BCUT2D eigenvalue weighted by Gasteiger charge is 2.28. The highest BCUT2D eigenvalue weighted by atomic mass is 16.6. The van der Waals surface area contributed by atoms with E-state index in [4.69, 9.17) is 9.47 Å². The number of ether oxygens (including phenoxy) is 2. The molecule has 15 heavy (non-hydrogen) atoms. The third-order valence-corrected chi connectivity index (χ3v) is 2.72. The van der Waals surface area contributed by atoms with Gasteiger partial charge in [-0.25, -0.2) is 0 Å². The van der Waals surface area contributed by atoms with Crippen LogP contribution in [-0.4, -0.2) is 12.7 Å². The predicted octanol–water partition coefficient (Wildman–Crippen LogP) is 3.58. The Hall–Kier alpha value is -0.660. The quantitative estimate of drug-likeness (QED) is 0.712. The van der Waals surface area contributed by atoms with Gasteiger partial charge in [-0.15, -0.1) is 0 Å². The molecule has 0 fully saturated rings. The Balaban J connectivity index is 2.86. The van der Waals surface area contributed by atoms with Crippen LogP contribution in [0.3, 0.4) is 0 Å². The third-order valence-electron chi connectivity index (χ3n) is 2.72. The number of hydrogen-bond donors (Lipinski definition) is 0. The maximum absolute atomic E-state index is 6.04. The van der Waals surface area contributed by atoms with Crippen LogP contribution in [-0.2, 0) is 9.47 Å². The fourth-order valence-corrected chi connectivity index (χ4v) is 1.70. The van der Waals surface area contributed by atoms with Gasteiger partial charge in [0, 0.05) is 11.8 Å². The van der Waals surface area contributed by atoms with Crippen molar-refractivity contribution in [3.05, 3.63) is 11.5 Å². The first-order valence-corrected chi connectivity index (χ1v) is 5.97. The van der Waals surface area contributed by atoms with Crippen LogP contribution >= 0.6 is 0 Å². The van der Waals surface area contributed by atoms with Crippen LogP contribution in [0, 0.1) is 17.8 Å². The summed E-state index contributed by atoms with van der Waals surface area (Å²) in [4.78, 5) is 0. The molecule has 0 aromatic rings. The van der Waals surface area contributed by atoms with Crippen molar-refractivity contribution in [1.29, 1.82) is 0 Å². The Morgan fingerprint density at radius 1 is 0.933 bits per heavy atom. The lowest BCUT2D eigenvalue weighted by atomic mass is 10.0. The van der Waals surface area contributed by atoms with Crippen LogP contribution in [0.5, 0.6) is 0 Å². The molecule has 1 unspecified atom stereocenters. The van der Waals surface area contributed by atoms with Gasteiger partial charge in [0.1, 0.15) is 24.2 Å². The van der Waals surface area contributed by atoms with E-state index in [2.05, 4.69) is 41.5 Å². The number of allylic oxidation sites excluding steroid dienone is 2. The second-order valence-corrected chi connectivity index (χ2v) is 5.25. The van der Waals surface area contributed by atoms with Crippen molar-refractivity contribution in [3.8, 4) is 0 Å². The molecule has 0 aliphatic carbocycles. The zero-order chi connectivity index (χ0) is 11.6. The molecule has 2 nitrogen and oxygen atoms in total. The van der Waals surface area contributed by atoms with Gasteiger partial charge in [-0.3, -0.25) is 0 Å². The van der Waals surface area contributed by atoms with E-state index in [9.17, 15) is 0 Å². The van der Waals surface area contributed by atoms with E-state index >= 15 is 0 Å². The van der Waals surface area contributed by atoms with Gasteiger partial charge in [-0.05, 0) is 5.92 Å². The molecule has 1 aliphatic rings. The summed E-state index contributed by atoms with van der Waals surface area (Å²) in [5.41, 5.74) is 0. The summed E-state index contributed by atoms with van der Waals surface area (Å²) in [6, 6.07) is 0. The summed E-state index contributed by atoms with van der Waals surface area (Å²) >= 11 is 0. The Kier molecular flexibility index (Phi) is 4.06. The zero-order valence-corrected chi connectivity index (χ0v) is 10.8. The molecule has 0 saturated heterocycles. The summed E-state index contributed by atoms with van der Waals surface area (Å²) in [5, 5.41) is 0. The smallest absolute Gasteiger partial charge is 0.137 e. The van der Waals surface area contributed by atoms with E-state index in [1.807, 2.05) is 0 Å². The number of rotatable bonds is 3. The van der Waals surface area contributed by atoms with Crippen molar-refractivity contribution >= 4 is 0 Å². The standard InChI is InChI=1S/C13H24O2/c1-8(2)11-7-14-12(9(3)4)13(15-11)10(5)6/h8-11H,7H2,1-6H3. The van der Waals surface area contributed by atoms with Gasteiger partial charge >= 0.3 is 0 Å². The molecule has 1 atom stereocenters. The van der Waals surface area contributed by atoms with Gasteiger partial charge in [-0.1, -0.05) is 41.5 Å². The largest absolute Gasteiger partial charge is 0.490 e. The fraction of sp³-hybridized carbons (Fsp3) is 0.846. The predicted molar refractivity (Wildman–Crippen MR) is 62.4 cm³/mol. The molecule has 0 bridgehead atoms. The van der Waals surface area contributed by atoms with Crippen LogP contribution in [0.15, 0.2) is 11.5 Å². The van der Waals surface area contributed by atoms with Crippen LogP contribution < -0.4 is 0 Å². The normalized spacial score (nSPS) is 22.3. The van der Waals surface area contributed by atoms with Crippen molar-refractivity contribution < 1.29 is 9.47 Å². The molecular weight excluding hydrogens is 188 g/mol. The Morgan fingerprint density at radius 3 is 1.87 bits per heavy atom. The second-order valence-electron chi connectivity index (χ2n) is 5.25. The molecule has 0 aromatic carbocycles. The maximum atomic E-state index is 6.04. The average Bonchev–Trinajstić information content (AvgIpc) is 2.16. The van der Waals surface area contributed by atoms with Crippen molar-refractivity contribution in [3.63, 3.8) is 0 Å². The SMILES string of the molecule is CC(C)C1=C(C(C)C)OC(C(C)C)CO1. The van der Waals surface area contributed by atoms with Crippen molar-refractivity contribution in [2.75, 3.05) is 6.61 Å². The number of hydrogen-bond acceptors (Lipinski definition) is 2. The first-order chi connectivity index (χ1) is 6.93. The molecular formula is C13H24O2. The lowest BCUT2D eigenvalue weighted by Crippen LogP contribution is -2.32. The Morgan fingerprint density at radius 2 is 1.47 bits per heavy atom. The maximum Gasteiger partial charge on any atom is 0.137 e. The van der Waals surface area contributed by atoms with Crippen LogP contribution in [0.2, 0.25) is 0 Å². The molecule has 88 valence electrons. The highest BCUT2D eigenvalue weighted by Crippen LogP contribution is 2.30. The van der Waals surface area contributed by atoms with E-state index in [0.29, 0.717) is 24.4 Å². The minimum Gasteiger partial charge on any atom is -0.490 e. The highest BCUT2D eigenvalue weighted by molar-refractivity contribution is 5.09. The Bertz CT molecular complexity index is 239. The van der Waals surface area contributed by atoms with Crippen molar-refractivity contribution in [1.82, 2.24) is 0 Å². The summed E-state index contributed by atoms with van der Waals surface area (Å²) in [5.74, 6) is 3.42. The van der Waals surface area contributed by atoms with Gasteiger partial charge in [0.25, 0.3) is 0 Å². The minimum atomic E-state index is 0.213. The molecule has 0 spiro atoms. The summed E-state index contributed by atoms with van der Waals surface area (Å²) in [6.45, 7) is 13.7. The summed E-state index contributed by atoms with van der Waals surface area (Å²) in [6.07, 6.45) is 0.213. The molecule has 0 N–H and O–H groups in total. The molecule has 2 heteroatoms. The van der Waals surface area contributed by atoms with Crippen LogP contribution in [0.25, 0.3) is 0 Å². The van der Waals surface area contributed by atoms with Crippen molar-refractivity contribution in [2.24, 2.45) is 17.8 Å². The Labute approximate surface area is 93.7 Å². The molecule has 1 aliphatic heterocycles. The molecule has 0 radical (unpaired) electrons. The van der Waals surface area contributed by atoms with Gasteiger partial charge in [0.15, 0.2) is 0 Å². The van der Waals surface area contributed by atoms with E-state index in [1.165, 1.54) is 0 Å². The zero-order valence-electron chi connectivity index (χ0n) is 10.8. The molecule has 1 rings (SSSR count). The van der Waals surface area contributed by atoms with Crippen LogP contribution in [0.4, 0.5) is 0 Å². The molecule has 0 amide bonds. The summed E-state index contributed by atoms with van der Waals surface area (Å²) < 4.78 is 11.9. The van der Waals surface area contributed by atoms with Gasteiger partial charge in [0.05, 0.1) is 0 Å². The fourth-order valence-electron chi connectivity index (χ4n) is 1.70. The average molecular weight is 212 g/mol. The van der Waals surface area contributed by atoms with Gasteiger partial charge in [0.2, 0.25) is 0 Å². The molecule has 0 aromatic heterocycles. The van der Waals surface area contributed by atoms with E-state index in [-0.39, 0.29) is 6.10 Å². The molecule has 1 heterocycles. The van der Waals surface area contributed by atoms with Gasteiger partial charge < -0.3 is 9.47 Å². The van der Waals surface area contributed by atoms with E-state index in [1.54, 1.807) is 0 Å². The lowest BCUT2D eigenvalue weighted by molar-refractivity contribution is -0.0448. The summed E-state index contributed by atoms with van der Waals surface area (Å²) in [7, 11) is 0. The first kappa shape index (κ1) is 12.4. The second kappa shape index (κ2) is 4.91. The molecule has 0 saturated carbocycles. The van der Waals surface area contributed by atoms with E-state index in [0.717, 1.165) is 11.5 Å². The van der Waals surface area contributed by atoms with Crippen molar-refractivity contribution in [2.45, 2.75) is 47.6 Å². The third kappa shape index (κ3) is 2.90. The first-order valence-electron chi connectivity index (χ1n) is 5.97. The van der Waals surface area contributed by atoms with E-state index < -0.39 is 0 Å². The van der Waals surface area contributed by atoms with Crippen LogP contribution in [0.1, 0.15) is 41.5 Å². The minimum absolute atomic E-state index is 0.213. The topological polar surface area (TPSA) is 18.5 Å². The lowest BCUT2D eigenvalue weighted by Gasteiger charge is -2.34. The monoisotopic (exact) mass is 212 g/mol.